The van der Waals surface area contributed by atoms with Gasteiger partial charge in [0.05, 0.1) is 16.5 Å². The summed E-state index contributed by atoms with van der Waals surface area (Å²) in [5.41, 5.74) is 1.61. The number of non-ortho nitro benzene ring substituents is 1. The number of hydrogen-bond donors (Lipinski definition) is 3. The van der Waals surface area contributed by atoms with Gasteiger partial charge in [-0.25, -0.2) is 4.79 Å². The van der Waals surface area contributed by atoms with Crippen molar-refractivity contribution in [3.8, 4) is 0 Å². The molecule has 1 aliphatic heterocycles. The van der Waals surface area contributed by atoms with E-state index >= 15 is 0 Å². The van der Waals surface area contributed by atoms with Gasteiger partial charge in [0.1, 0.15) is 0 Å². The molecule has 0 saturated carbocycles. The Balaban J connectivity index is 1.98. The molecule has 0 aliphatic carbocycles. The predicted octanol–water partition coefficient (Wildman–Crippen LogP) is 2.86. The molecular weight excluding hydrogens is 336 g/mol. The van der Waals surface area contributed by atoms with E-state index in [1.165, 1.54) is 18.2 Å². The van der Waals surface area contributed by atoms with E-state index in [-0.39, 0.29) is 11.3 Å². The van der Waals surface area contributed by atoms with Crippen LogP contribution in [0.3, 0.4) is 0 Å². The molecule has 0 aromatic heterocycles. The molecule has 1 atom stereocenters. The lowest BCUT2D eigenvalue weighted by molar-refractivity contribution is -0.384. The number of allylic oxidation sites excluding steroid dienone is 1. The minimum absolute atomic E-state index is 0.115. The minimum Gasteiger partial charge on any atom is -0.327 e. The first-order valence-corrected chi connectivity index (χ1v) is 7.85. The van der Waals surface area contributed by atoms with Crippen molar-refractivity contribution in [2.24, 2.45) is 0 Å². The maximum atomic E-state index is 12.8. The maximum Gasteiger partial charge on any atom is 0.319 e. The molecule has 2 aromatic carbocycles. The summed E-state index contributed by atoms with van der Waals surface area (Å²) in [7, 11) is 0. The van der Waals surface area contributed by atoms with E-state index in [4.69, 9.17) is 0 Å². The van der Waals surface area contributed by atoms with Gasteiger partial charge in [-0.05, 0) is 24.6 Å². The fraction of sp³-hybridized carbons (Fsp3) is 0.111. The third-order valence-electron chi connectivity index (χ3n) is 3.96. The van der Waals surface area contributed by atoms with E-state index in [1.807, 2.05) is 6.07 Å². The van der Waals surface area contributed by atoms with Crippen molar-refractivity contribution in [3.63, 3.8) is 0 Å². The molecule has 8 heteroatoms. The van der Waals surface area contributed by atoms with Crippen LogP contribution in [0.15, 0.2) is 65.9 Å². The Bertz CT molecular complexity index is 908. The Kier molecular flexibility index (Phi) is 4.66. The summed E-state index contributed by atoms with van der Waals surface area (Å²) in [4.78, 5) is 35.2. The quantitative estimate of drug-likeness (QED) is 0.580. The van der Waals surface area contributed by atoms with E-state index in [2.05, 4.69) is 16.0 Å². The van der Waals surface area contributed by atoms with Gasteiger partial charge in [0, 0.05) is 23.5 Å². The van der Waals surface area contributed by atoms with Crippen LogP contribution in [0.2, 0.25) is 0 Å². The highest BCUT2D eigenvalue weighted by molar-refractivity contribution is 6.06. The Labute approximate surface area is 149 Å². The lowest BCUT2D eigenvalue weighted by Gasteiger charge is -2.28. The van der Waals surface area contributed by atoms with E-state index in [9.17, 15) is 19.7 Å². The number of nitro groups is 1. The summed E-state index contributed by atoms with van der Waals surface area (Å²) >= 11 is 0. The lowest BCUT2D eigenvalue weighted by atomic mass is 9.94. The highest BCUT2D eigenvalue weighted by Crippen LogP contribution is 2.29. The molecule has 132 valence electrons. The largest absolute Gasteiger partial charge is 0.327 e. The van der Waals surface area contributed by atoms with Gasteiger partial charge in [0.15, 0.2) is 0 Å². The first-order valence-electron chi connectivity index (χ1n) is 7.85. The molecule has 0 spiro atoms. The molecular formula is C18H16N4O4. The second-order valence-electron chi connectivity index (χ2n) is 5.74. The summed E-state index contributed by atoms with van der Waals surface area (Å²) in [6.45, 7) is 1.61. The summed E-state index contributed by atoms with van der Waals surface area (Å²) < 4.78 is 0. The number of nitrogens with zero attached hydrogens (tertiary/aromatic N) is 1. The smallest absolute Gasteiger partial charge is 0.319 e. The Hall–Kier alpha value is -3.68. The molecule has 3 rings (SSSR count). The second kappa shape index (κ2) is 7.06. The Morgan fingerprint density at radius 1 is 1.15 bits per heavy atom. The first-order chi connectivity index (χ1) is 12.5. The van der Waals surface area contributed by atoms with Crippen LogP contribution in [-0.4, -0.2) is 16.9 Å². The van der Waals surface area contributed by atoms with Crippen LogP contribution < -0.4 is 16.0 Å². The number of urea groups is 1. The third-order valence-corrected chi connectivity index (χ3v) is 3.96. The number of carbonyl (C=O) groups is 2. The fourth-order valence-corrected chi connectivity index (χ4v) is 2.78. The zero-order valence-corrected chi connectivity index (χ0v) is 13.9. The van der Waals surface area contributed by atoms with Crippen LogP contribution in [0.4, 0.5) is 16.2 Å². The number of carbonyl (C=O) groups excluding carboxylic acids is 2. The molecule has 1 unspecified atom stereocenters. The van der Waals surface area contributed by atoms with Crippen molar-refractivity contribution in [1.82, 2.24) is 10.6 Å². The highest BCUT2D eigenvalue weighted by Gasteiger charge is 2.31. The molecule has 0 saturated heterocycles. The molecule has 2 aromatic rings. The van der Waals surface area contributed by atoms with Crippen molar-refractivity contribution in [3.05, 3.63) is 81.5 Å². The zero-order valence-electron chi connectivity index (χ0n) is 13.9. The van der Waals surface area contributed by atoms with Gasteiger partial charge in [-0.1, -0.05) is 30.3 Å². The average Bonchev–Trinajstić information content (AvgIpc) is 2.61. The second-order valence-corrected chi connectivity index (χ2v) is 5.74. The van der Waals surface area contributed by atoms with Gasteiger partial charge in [-0.15, -0.1) is 0 Å². The molecule has 0 radical (unpaired) electrons. The molecule has 1 heterocycles. The molecule has 3 N–H and O–H groups in total. The minimum atomic E-state index is -0.799. The Morgan fingerprint density at radius 3 is 2.58 bits per heavy atom. The topological polar surface area (TPSA) is 113 Å². The average molecular weight is 352 g/mol. The van der Waals surface area contributed by atoms with Crippen LogP contribution in [-0.2, 0) is 4.79 Å². The van der Waals surface area contributed by atoms with E-state index in [0.717, 1.165) is 0 Å². The maximum absolute atomic E-state index is 12.8. The van der Waals surface area contributed by atoms with Crippen molar-refractivity contribution >= 4 is 23.3 Å². The number of para-hydroxylation sites is 1. The summed E-state index contributed by atoms with van der Waals surface area (Å²) in [6.07, 6.45) is 0. The molecule has 0 bridgehead atoms. The SMILES string of the molecule is CC1=C(C(=O)Nc2ccccc2)C(c2cccc([N+](=O)[O-])c2)NC(=O)N1. The molecule has 3 amide bonds. The van der Waals surface area contributed by atoms with E-state index < -0.39 is 22.9 Å². The summed E-state index contributed by atoms with van der Waals surface area (Å²) in [5, 5.41) is 19.0. The summed E-state index contributed by atoms with van der Waals surface area (Å²) in [5.74, 6) is -0.405. The van der Waals surface area contributed by atoms with Gasteiger partial charge in [0.25, 0.3) is 11.6 Å². The van der Waals surface area contributed by atoms with Crippen molar-refractivity contribution in [2.75, 3.05) is 5.32 Å². The standard InChI is InChI=1S/C18H16N4O4/c1-11-15(17(23)20-13-7-3-2-4-8-13)16(21-18(24)19-11)12-6-5-9-14(10-12)22(25)26/h2-10,16H,1H3,(H,20,23)(H2,19,21,24). The number of nitrogens with one attached hydrogen (secondary N) is 3. The van der Waals surface area contributed by atoms with Crippen LogP contribution >= 0.6 is 0 Å². The van der Waals surface area contributed by atoms with Gasteiger partial charge >= 0.3 is 6.03 Å². The number of hydrogen-bond acceptors (Lipinski definition) is 4. The van der Waals surface area contributed by atoms with Gasteiger partial charge in [-0.3, -0.25) is 14.9 Å². The molecule has 8 nitrogen and oxygen atoms in total. The van der Waals surface area contributed by atoms with Gasteiger partial charge < -0.3 is 16.0 Å². The summed E-state index contributed by atoms with van der Waals surface area (Å²) in [6, 6.07) is 13.5. The normalized spacial score (nSPS) is 16.5. The van der Waals surface area contributed by atoms with Crippen LogP contribution in [0.1, 0.15) is 18.5 Å². The van der Waals surface area contributed by atoms with E-state index in [1.54, 1.807) is 37.3 Å². The van der Waals surface area contributed by atoms with Crippen molar-refractivity contribution in [2.45, 2.75) is 13.0 Å². The van der Waals surface area contributed by atoms with E-state index in [0.29, 0.717) is 16.9 Å². The molecule has 26 heavy (non-hydrogen) atoms. The van der Waals surface area contributed by atoms with Crippen LogP contribution in [0.5, 0.6) is 0 Å². The predicted molar refractivity (Wildman–Crippen MR) is 95.3 cm³/mol. The monoisotopic (exact) mass is 352 g/mol. The zero-order chi connectivity index (χ0) is 18.7. The number of anilines is 1. The van der Waals surface area contributed by atoms with Gasteiger partial charge in [-0.2, -0.15) is 0 Å². The van der Waals surface area contributed by atoms with Crippen molar-refractivity contribution in [1.29, 1.82) is 0 Å². The number of nitro benzene ring substituents is 1. The van der Waals surface area contributed by atoms with Crippen LogP contribution in [0.25, 0.3) is 0 Å². The molecule has 0 fully saturated rings. The third kappa shape index (κ3) is 3.54. The van der Waals surface area contributed by atoms with Crippen LogP contribution in [0, 0.1) is 10.1 Å². The number of amides is 3. The van der Waals surface area contributed by atoms with Gasteiger partial charge in [0.2, 0.25) is 0 Å². The Morgan fingerprint density at radius 2 is 1.88 bits per heavy atom. The highest BCUT2D eigenvalue weighted by atomic mass is 16.6. The van der Waals surface area contributed by atoms with Crippen molar-refractivity contribution < 1.29 is 14.5 Å². The number of benzene rings is 2. The number of rotatable bonds is 4. The lowest BCUT2D eigenvalue weighted by Crippen LogP contribution is -2.45. The first kappa shape index (κ1) is 17.2. The fourth-order valence-electron chi connectivity index (χ4n) is 2.78. The molecule has 1 aliphatic rings.